The summed E-state index contributed by atoms with van der Waals surface area (Å²) < 4.78 is 0.941. The molecule has 1 heterocycles. The Kier molecular flexibility index (Phi) is 6.90. The van der Waals surface area contributed by atoms with Crippen molar-refractivity contribution < 1.29 is 4.79 Å². The zero-order valence-corrected chi connectivity index (χ0v) is 16.6. The normalized spacial score (nSPS) is 21.0. The van der Waals surface area contributed by atoms with E-state index in [1.807, 2.05) is 6.08 Å². The molecule has 1 aromatic rings. The molecule has 0 bridgehead atoms. The Balaban J connectivity index is 1.67. The Labute approximate surface area is 157 Å². The van der Waals surface area contributed by atoms with E-state index in [1.165, 1.54) is 81.1 Å². The maximum Gasteiger partial charge on any atom is 0.250 e. The van der Waals surface area contributed by atoms with Crippen molar-refractivity contribution in [2.24, 2.45) is 11.8 Å². The molecule has 2 saturated carbocycles. The van der Waals surface area contributed by atoms with Crippen LogP contribution in [0.25, 0.3) is 0 Å². The van der Waals surface area contributed by atoms with Crippen LogP contribution in [-0.2, 0) is 4.79 Å². The van der Waals surface area contributed by atoms with Crippen LogP contribution in [0.3, 0.4) is 0 Å². The van der Waals surface area contributed by atoms with E-state index in [0.29, 0.717) is 11.0 Å². The first-order valence-corrected chi connectivity index (χ1v) is 10.9. The topological polar surface area (TPSA) is 42.0 Å². The average molecular weight is 411 g/mol. The first-order valence-electron chi connectivity index (χ1n) is 9.33. The van der Waals surface area contributed by atoms with Gasteiger partial charge in [0.2, 0.25) is 5.91 Å². The van der Waals surface area contributed by atoms with Gasteiger partial charge >= 0.3 is 0 Å². The number of amides is 1. The molecule has 3 rings (SSSR count). The van der Waals surface area contributed by atoms with E-state index in [2.05, 4.69) is 26.2 Å². The molecule has 1 amide bonds. The number of carbonyl (C=O) groups excluding carboxylic acids is 1. The minimum atomic E-state index is -0.00627. The zero-order chi connectivity index (χ0) is 16.8. The van der Waals surface area contributed by atoms with Crippen molar-refractivity contribution in [2.45, 2.75) is 70.6 Å². The molecule has 2 fully saturated rings. The fourth-order valence-electron chi connectivity index (χ4n) is 4.16. The highest BCUT2D eigenvalue weighted by Crippen LogP contribution is 2.37. The average Bonchev–Trinajstić information content (AvgIpc) is 3.01. The van der Waals surface area contributed by atoms with Crippen molar-refractivity contribution in [1.82, 2.24) is 4.98 Å². The van der Waals surface area contributed by atoms with E-state index in [9.17, 15) is 4.79 Å². The summed E-state index contributed by atoms with van der Waals surface area (Å²) in [4.78, 5) is 16.7. The molecule has 1 aromatic heterocycles. The van der Waals surface area contributed by atoms with E-state index in [1.54, 1.807) is 6.20 Å². The molecule has 1 N–H and O–H groups in total. The van der Waals surface area contributed by atoms with Crippen LogP contribution in [0.1, 0.15) is 70.6 Å². The van der Waals surface area contributed by atoms with Gasteiger partial charge in [-0.3, -0.25) is 10.1 Å². The van der Waals surface area contributed by atoms with E-state index in [0.717, 1.165) is 16.1 Å². The highest BCUT2D eigenvalue weighted by atomic mass is 79.9. The fraction of sp³-hybridized carbons (Fsp3) is 0.684. The van der Waals surface area contributed by atoms with Gasteiger partial charge in [0.15, 0.2) is 5.13 Å². The molecule has 0 unspecified atom stereocenters. The highest BCUT2D eigenvalue weighted by molar-refractivity contribution is 9.11. The van der Waals surface area contributed by atoms with Crippen LogP contribution >= 0.6 is 27.3 Å². The van der Waals surface area contributed by atoms with Gasteiger partial charge in [-0.05, 0) is 47.0 Å². The number of rotatable bonds is 5. The molecular weight excluding hydrogens is 384 g/mol. The molecule has 0 radical (unpaired) electrons. The van der Waals surface area contributed by atoms with Crippen LogP contribution in [0, 0.1) is 11.8 Å². The summed E-state index contributed by atoms with van der Waals surface area (Å²) in [5.41, 5.74) is 1.40. The molecule has 5 heteroatoms. The van der Waals surface area contributed by atoms with Crippen LogP contribution in [0.15, 0.2) is 21.6 Å². The lowest BCUT2D eigenvalue weighted by atomic mass is 9.77. The smallest absolute Gasteiger partial charge is 0.250 e. The minimum absolute atomic E-state index is 0.00627. The molecule has 0 aromatic carbocycles. The highest BCUT2D eigenvalue weighted by Gasteiger charge is 2.23. The largest absolute Gasteiger partial charge is 0.298 e. The predicted molar refractivity (Wildman–Crippen MR) is 104 cm³/mol. The molecular formula is C19H27BrN2OS. The number of nitrogens with one attached hydrogen (secondary N) is 1. The monoisotopic (exact) mass is 410 g/mol. The molecule has 0 atom stereocenters. The Bertz CT molecular complexity index is 572. The van der Waals surface area contributed by atoms with Crippen molar-refractivity contribution in [1.29, 1.82) is 0 Å². The van der Waals surface area contributed by atoms with Crippen LogP contribution < -0.4 is 5.32 Å². The van der Waals surface area contributed by atoms with Crippen LogP contribution in [0.5, 0.6) is 0 Å². The third kappa shape index (κ3) is 5.41. The molecule has 132 valence electrons. The number of carbonyl (C=O) groups is 1. The van der Waals surface area contributed by atoms with Gasteiger partial charge in [-0.25, -0.2) is 4.98 Å². The number of thiazole rings is 1. The fourth-order valence-corrected chi connectivity index (χ4v) is 5.27. The van der Waals surface area contributed by atoms with Gasteiger partial charge in [0.25, 0.3) is 0 Å². The molecule has 0 aliphatic heterocycles. The van der Waals surface area contributed by atoms with E-state index in [4.69, 9.17) is 0 Å². The summed E-state index contributed by atoms with van der Waals surface area (Å²) in [7, 11) is 0. The van der Waals surface area contributed by atoms with Gasteiger partial charge in [-0.2, -0.15) is 0 Å². The third-order valence-electron chi connectivity index (χ3n) is 5.40. The van der Waals surface area contributed by atoms with Gasteiger partial charge in [-0.1, -0.05) is 68.3 Å². The van der Waals surface area contributed by atoms with Crippen molar-refractivity contribution in [3.63, 3.8) is 0 Å². The Morgan fingerprint density at radius 1 is 1.17 bits per heavy atom. The maximum absolute atomic E-state index is 12.5. The number of aromatic nitrogens is 1. The minimum Gasteiger partial charge on any atom is -0.298 e. The lowest BCUT2D eigenvalue weighted by molar-refractivity contribution is -0.112. The zero-order valence-electron chi connectivity index (χ0n) is 14.2. The molecule has 0 spiro atoms. The number of nitrogens with zero attached hydrogens (tertiary/aromatic N) is 1. The predicted octanol–water partition coefficient (Wildman–Crippen LogP) is 6.32. The first-order chi connectivity index (χ1) is 11.7. The summed E-state index contributed by atoms with van der Waals surface area (Å²) in [5.74, 6) is 1.40. The van der Waals surface area contributed by atoms with Gasteiger partial charge in [-0.15, -0.1) is 0 Å². The second-order valence-corrected chi connectivity index (χ2v) is 9.63. The molecule has 0 saturated heterocycles. The second kappa shape index (κ2) is 9.14. The lowest BCUT2D eigenvalue weighted by Crippen LogP contribution is -2.17. The molecule has 2 aliphatic rings. The van der Waals surface area contributed by atoms with Crippen molar-refractivity contribution in [3.05, 3.63) is 21.6 Å². The van der Waals surface area contributed by atoms with E-state index < -0.39 is 0 Å². The van der Waals surface area contributed by atoms with Crippen LogP contribution in [0.2, 0.25) is 0 Å². The van der Waals surface area contributed by atoms with Crippen LogP contribution in [0.4, 0.5) is 5.13 Å². The van der Waals surface area contributed by atoms with Crippen LogP contribution in [-0.4, -0.2) is 10.9 Å². The maximum atomic E-state index is 12.5. The standard InChI is InChI=1S/C19H27BrN2OS/c20-17-13-21-19(24-17)22-18(23)12-16(15-9-5-2-6-10-15)11-14-7-3-1-4-8-14/h12-15H,1-11H2,(H,21,22,23)/b16-12-. The van der Waals surface area contributed by atoms with Crippen molar-refractivity contribution in [3.8, 4) is 0 Å². The Morgan fingerprint density at radius 3 is 2.46 bits per heavy atom. The van der Waals surface area contributed by atoms with Gasteiger partial charge in [0.1, 0.15) is 0 Å². The molecule has 2 aliphatic carbocycles. The van der Waals surface area contributed by atoms with Gasteiger partial charge in [0.05, 0.1) is 9.98 Å². The van der Waals surface area contributed by atoms with Gasteiger partial charge in [0, 0.05) is 6.08 Å². The SMILES string of the molecule is O=C(/C=C(/CC1CCCCC1)C1CCCCC1)Nc1ncc(Br)s1. The number of allylic oxidation sites excluding steroid dienone is 1. The molecule has 3 nitrogen and oxygen atoms in total. The number of anilines is 1. The first kappa shape index (κ1) is 18.1. The second-order valence-electron chi connectivity index (χ2n) is 7.22. The number of hydrogen-bond acceptors (Lipinski definition) is 3. The quantitative estimate of drug-likeness (QED) is 0.576. The summed E-state index contributed by atoms with van der Waals surface area (Å²) in [6, 6.07) is 0. The summed E-state index contributed by atoms with van der Waals surface area (Å²) >= 11 is 4.85. The summed E-state index contributed by atoms with van der Waals surface area (Å²) in [5, 5.41) is 3.60. The molecule has 24 heavy (non-hydrogen) atoms. The van der Waals surface area contributed by atoms with Gasteiger partial charge < -0.3 is 0 Å². The van der Waals surface area contributed by atoms with E-state index >= 15 is 0 Å². The Hall–Kier alpha value is -0.680. The van der Waals surface area contributed by atoms with E-state index in [-0.39, 0.29) is 5.91 Å². The summed E-state index contributed by atoms with van der Waals surface area (Å²) in [6.07, 6.45) is 18.0. The summed E-state index contributed by atoms with van der Waals surface area (Å²) in [6.45, 7) is 0. The number of halogens is 1. The lowest BCUT2D eigenvalue weighted by Gasteiger charge is -2.29. The Morgan fingerprint density at radius 2 is 1.83 bits per heavy atom. The van der Waals surface area contributed by atoms with Crippen molar-refractivity contribution in [2.75, 3.05) is 5.32 Å². The number of hydrogen-bond donors (Lipinski definition) is 1. The van der Waals surface area contributed by atoms with Crippen molar-refractivity contribution >= 4 is 38.3 Å². The third-order valence-corrected chi connectivity index (χ3v) is 6.79.